The Morgan fingerprint density at radius 1 is 1.70 bits per heavy atom. The Balaban J connectivity index is 3.91. The van der Waals surface area contributed by atoms with Gasteiger partial charge in [0.25, 0.3) is 0 Å². The molecule has 1 N–H and O–H groups in total. The molecule has 0 rings (SSSR count). The molecule has 3 heteroatoms. The van der Waals surface area contributed by atoms with Crippen LogP contribution in [0.1, 0.15) is 13.8 Å². The van der Waals surface area contributed by atoms with E-state index in [9.17, 15) is 4.79 Å². The maximum absolute atomic E-state index is 10.8. The number of aliphatic hydroxyl groups excluding tert-OH is 1. The van der Waals surface area contributed by atoms with Crippen molar-refractivity contribution in [2.45, 2.75) is 13.8 Å². The van der Waals surface area contributed by atoms with Gasteiger partial charge < -0.3 is 9.84 Å². The molecule has 10 heavy (non-hydrogen) atoms. The van der Waals surface area contributed by atoms with Gasteiger partial charge in [0, 0.05) is 0 Å². The Labute approximate surface area is 60.3 Å². The molecule has 0 fully saturated rings. The van der Waals surface area contributed by atoms with Gasteiger partial charge in [-0.05, 0) is 13.8 Å². The number of allylic oxidation sites excluding steroid dienone is 1. The number of rotatable bonds is 3. The molecule has 0 saturated carbocycles. The van der Waals surface area contributed by atoms with Gasteiger partial charge in [-0.2, -0.15) is 0 Å². The molecule has 0 atom stereocenters. The predicted molar refractivity (Wildman–Crippen MR) is 37.5 cm³/mol. The molecule has 0 bridgehead atoms. The first kappa shape index (κ1) is 9.17. The van der Waals surface area contributed by atoms with Crippen molar-refractivity contribution < 1.29 is 14.6 Å². The lowest BCUT2D eigenvalue weighted by atomic mass is 10.3. The molecule has 0 aliphatic carbocycles. The van der Waals surface area contributed by atoms with Gasteiger partial charge in [0.2, 0.25) is 0 Å². The number of ether oxygens (including phenoxy) is 1. The van der Waals surface area contributed by atoms with Gasteiger partial charge in [0.15, 0.2) is 0 Å². The molecule has 0 saturated heterocycles. The highest BCUT2D eigenvalue weighted by Crippen LogP contribution is 1.95. The molecular formula is C7H12O3. The Hall–Kier alpha value is -0.830. The summed E-state index contributed by atoms with van der Waals surface area (Å²) in [6.07, 6.45) is 1.54. The molecule has 0 aliphatic rings. The summed E-state index contributed by atoms with van der Waals surface area (Å²) in [7, 11) is 0. The summed E-state index contributed by atoms with van der Waals surface area (Å²) in [5.74, 6) is -0.437. The van der Waals surface area contributed by atoms with Crippen LogP contribution in [0.4, 0.5) is 0 Å². The van der Waals surface area contributed by atoms with Gasteiger partial charge in [0.1, 0.15) is 0 Å². The summed E-state index contributed by atoms with van der Waals surface area (Å²) < 4.78 is 4.62. The van der Waals surface area contributed by atoms with E-state index in [1.165, 1.54) is 6.08 Å². The van der Waals surface area contributed by atoms with E-state index in [0.29, 0.717) is 12.2 Å². The third-order valence-corrected chi connectivity index (χ3v) is 1.06. The maximum atomic E-state index is 10.8. The van der Waals surface area contributed by atoms with E-state index in [1.54, 1.807) is 13.8 Å². The number of hydrogen-bond donors (Lipinski definition) is 1. The minimum atomic E-state index is -0.437. The molecule has 58 valence electrons. The number of carbonyl (C=O) groups excluding carboxylic acids is 1. The first-order valence-electron chi connectivity index (χ1n) is 3.19. The van der Waals surface area contributed by atoms with E-state index in [0.717, 1.165) is 0 Å². The van der Waals surface area contributed by atoms with Crippen molar-refractivity contribution >= 4 is 5.97 Å². The average Bonchev–Trinajstić information content (AvgIpc) is 1.91. The number of esters is 1. The van der Waals surface area contributed by atoms with Crippen molar-refractivity contribution in [1.29, 1.82) is 0 Å². The van der Waals surface area contributed by atoms with Gasteiger partial charge in [-0.1, -0.05) is 6.08 Å². The summed E-state index contributed by atoms with van der Waals surface area (Å²) in [5.41, 5.74) is 0.307. The molecule has 0 radical (unpaired) electrons. The van der Waals surface area contributed by atoms with E-state index in [1.807, 2.05) is 0 Å². The van der Waals surface area contributed by atoms with Crippen molar-refractivity contribution in [3.05, 3.63) is 11.6 Å². The first-order valence-corrected chi connectivity index (χ1v) is 3.19. The summed E-state index contributed by atoms with van der Waals surface area (Å²) in [5, 5.41) is 8.55. The monoisotopic (exact) mass is 144 g/mol. The van der Waals surface area contributed by atoms with E-state index in [4.69, 9.17) is 5.11 Å². The highest BCUT2D eigenvalue weighted by Gasteiger charge is 2.05. The average molecular weight is 144 g/mol. The Kier molecular flexibility index (Phi) is 4.58. The second-order valence-electron chi connectivity index (χ2n) is 1.69. The molecule has 0 aromatic carbocycles. The van der Waals surface area contributed by atoms with Gasteiger partial charge >= 0.3 is 5.97 Å². The van der Waals surface area contributed by atoms with Crippen LogP contribution in [-0.2, 0) is 9.53 Å². The van der Waals surface area contributed by atoms with E-state index < -0.39 is 5.97 Å². The first-order chi connectivity index (χ1) is 4.76. The summed E-state index contributed by atoms with van der Waals surface area (Å²) in [4.78, 5) is 10.8. The third-order valence-electron chi connectivity index (χ3n) is 1.06. The van der Waals surface area contributed by atoms with Crippen LogP contribution in [0.15, 0.2) is 11.6 Å². The zero-order valence-electron chi connectivity index (χ0n) is 6.26. The topological polar surface area (TPSA) is 46.5 Å². The van der Waals surface area contributed by atoms with E-state index in [-0.39, 0.29) is 6.61 Å². The van der Waals surface area contributed by atoms with Crippen molar-refractivity contribution in [3.8, 4) is 0 Å². The van der Waals surface area contributed by atoms with Gasteiger partial charge in [0.05, 0.1) is 18.8 Å². The second kappa shape index (κ2) is 4.99. The highest BCUT2D eigenvalue weighted by atomic mass is 16.5. The van der Waals surface area contributed by atoms with Crippen LogP contribution in [-0.4, -0.2) is 24.3 Å². The maximum Gasteiger partial charge on any atom is 0.336 e. The summed E-state index contributed by atoms with van der Waals surface area (Å²) in [6.45, 7) is 3.50. The number of hydrogen-bond acceptors (Lipinski definition) is 3. The molecule has 0 unspecified atom stereocenters. The minimum absolute atomic E-state index is 0.255. The molecule has 0 aliphatic heterocycles. The number of aliphatic hydroxyl groups is 1. The second-order valence-corrected chi connectivity index (χ2v) is 1.69. The van der Waals surface area contributed by atoms with Crippen LogP contribution in [0, 0.1) is 0 Å². The van der Waals surface area contributed by atoms with Gasteiger partial charge in [-0.15, -0.1) is 0 Å². The summed E-state index contributed by atoms with van der Waals surface area (Å²) >= 11 is 0. The normalized spacial score (nSPS) is 11.3. The fourth-order valence-corrected chi connectivity index (χ4v) is 0.497. The molecule has 0 aromatic heterocycles. The lowest BCUT2D eigenvalue weighted by Crippen LogP contribution is -2.10. The third kappa shape index (κ3) is 2.64. The Morgan fingerprint density at radius 2 is 2.30 bits per heavy atom. The minimum Gasteiger partial charge on any atom is -0.463 e. The standard InChI is InChI=1S/C7H12O3/c1-3-6(5-8)7(9)10-4-2/h3,8H,4-5H2,1-2H3/b6-3-. The molecule has 0 amide bonds. The van der Waals surface area contributed by atoms with Gasteiger partial charge in [-0.3, -0.25) is 0 Å². The molecule has 0 aromatic rings. The predicted octanol–water partition coefficient (Wildman–Crippen LogP) is 0.488. The van der Waals surface area contributed by atoms with E-state index >= 15 is 0 Å². The zero-order chi connectivity index (χ0) is 7.98. The number of carbonyl (C=O) groups is 1. The highest BCUT2D eigenvalue weighted by molar-refractivity contribution is 5.88. The molecule has 0 heterocycles. The molecule has 3 nitrogen and oxygen atoms in total. The fourth-order valence-electron chi connectivity index (χ4n) is 0.497. The Morgan fingerprint density at radius 3 is 2.60 bits per heavy atom. The van der Waals surface area contributed by atoms with Crippen LogP contribution in [0.25, 0.3) is 0 Å². The lowest BCUT2D eigenvalue weighted by Gasteiger charge is -2.01. The SMILES string of the molecule is C/C=C(/CO)C(=O)OCC. The van der Waals surface area contributed by atoms with Crippen LogP contribution >= 0.6 is 0 Å². The van der Waals surface area contributed by atoms with E-state index in [2.05, 4.69) is 4.74 Å². The van der Waals surface area contributed by atoms with Crippen molar-refractivity contribution in [1.82, 2.24) is 0 Å². The molecular weight excluding hydrogens is 132 g/mol. The molecule has 0 spiro atoms. The quantitative estimate of drug-likeness (QED) is 0.463. The van der Waals surface area contributed by atoms with Crippen molar-refractivity contribution in [3.63, 3.8) is 0 Å². The van der Waals surface area contributed by atoms with Crippen LogP contribution in [0.2, 0.25) is 0 Å². The fraction of sp³-hybridized carbons (Fsp3) is 0.571. The van der Waals surface area contributed by atoms with Crippen LogP contribution < -0.4 is 0 Å². The summed E-state index contributed by atoms with van der Waals surface area (Å²) in [6, 6.07) is 0. The van der Waals surface area contributed by atoms with Crippen LogP contribution in [0.5, 0.6) is 0 Å². The van der Waals surface area contributed by atoms with Crippen molar-refractivity contribution in [2.24, 2.45) is 0 Å². The zero-order valence-corrected chi connectivity index (χ0v) is 6.26. The lowest BCUT2D eigenvalue weighted by molar-refractivity contribution is -0.138. The van der Waals surface area contributed by atoms with Crippen LogP contribution in [0.3, 0.4) is 0 Å². The Bertz CT molecular complexity index is 138. The smallest absolute Gasteiger partial charge is 0.336 e. The largest absolute Gasteiger partial charge is 0.463 e. The van der Waals surface area contributed by atoms with Gasteiger partial charge in [-0.25, -0.2) is 4.79 Å². The van der Waals surface area contributed by atoms with Crippen molar-refractivity contribution in [2.75, 3.05) is 13.2 Å².